The minimum atomic E-state index is -0.908. The van der Waals surface area contributed by atoms with Crippen LogP contribution in [-0.2, 0) is 46.4 Å². The number of rotatable bonds is 19. The van der Waals surface area contributed by atoms with Gasteiger partial charge in [-0.3, -0.25) is 14.4 Å². The molecule has 68 heavy (non-hydrogen) atoms. The summed E-state index contributed by atoms with van der Waals surface area (Å²) < 4.78 is 10.9. The normalized spacial score (nSPS) is 18.1. The van der Waals surface area contributed by atoms with Crippen LogP contribution >= 0.6 is 40.0 Å². The number of alkyl carbamates (subject to hydrolysis) is 2. The first-order chi connectivity index (χ1) is 32.0. The average Bonchev–Trinajstić information content (AvgIpc) is 3.76. The zero-order valence-corrected chi connectivity index (χ0v) is 47.7. The Morgan fingerprint density at radius 3 is 2.01 bits per heavy atom. The van der Waals surface area contributed by atoms with Gasteiger partial charge >= 0.3 is 61.6 Å². The molecule has 381 valence electrons. The standard InChI is InChI=1S/C49H74N6O8.C2H5.2HI.V/c1-34(2)29-38(52-46(60)63-47(3,4)5)26-25-37(30-35-19-12-10-13-20-35)44(58)54-28-18-24-41(54)43(57)53-40(42(56)51-39-31-48(6,7)55(61)49(8,9)32-39)23-16-17-27-50-45(59)62-33-36-21-14-11-15-22-36;1-2;;;/h10-15,19-22,25-26,34,37-41,61H,16-18,23-24,27-33H2,1-9H3,(H,50,59)(H,51,56)(H,52,60)(H,53,57);1H2,2H3;2*1H;/q;-1;;;+2/p-2/b26-25+;;;;/t37-,38-,40+,41+;;;;/m1..../s1. The van der Waals surface area contributed by atoms with Gasteiger partial charge in [-0.15, -0.1) is 0 Å². The molecule has 2 fully saturated rings. The van der Waals surface area contributed by atoms with Gasteiger partial charge in [0.1, 0.15) is 24.3 Å². The van der Waals surface area contributed by atoms with Gasteiger partial charge in [0.2, 0.25) is 17.7 Å². The van der Waals surface area contributed by atoms with Gasteiger partial charge in [-0.25, -0.2) is 9.59 Å². The zero-order valence-electron chi connectivity index (χ0n) is 42.0. The van der Waals surface area contributed by atoms with Crippen LogP contribution in [0.1, 0.15) is 132 Å². The first-order valence-electron chi connectivity index (χ1n) is 23.7. The van der Waals surface area contributed by atoms with E-state index in [2.05, 4.69) is 82.0 Å². The molecule has 4 atom stereocenters. The van der Waals surface area contributed by atoms with Crippen LogP contribution < -0.4 is 21.3 Å². The SMILES string of the molecule is CC(C)C[C@@H](/C=C/[C@H](Cc1ccccc1)C(=O)N1CCC[C@H]1C(=O)N[C@@H](CCCCNC(=O)OCc1ccccc1)C(=O)NC1CC(C)(C)N(O)C(C)(C)C1)NC(=O)OC(C)(C)C.[CH2-]C.[I][V][I]. The van der Waals surface area contributed by atoms with Gasteiger partial charge in [-0.05, 0) is 123 Å². The third-order valence-electron chi connectivity index (χ3n) is 11.5. The quantitative estimate of drug-likeness (QED) is 0.0396. The molecule has 0 spiro atoms. The predicted octanol–water partition coefficient (Wildman–Crippen LogP) is 10.0. The van der Waals surface area contributed by atoms with Gasteiger partial charge < -0.3 is 47.8 Å². The molecule has 17 heteroatoms. The molecule has 14 nitrogen and oxygen atoms in total. The average molecular weight is 1210 g/mol. The summed E-state index contributed by atoms with van der Waals surface area (Å²) in [6.07, 6.45) is 7.05. The van der Waals surface area contributed by atoms with Crippen molar-refractivity contribution in [2.24, 2.45) is 11.8 Å². The molecule has 5 N–H and O–H groups in total. The number of hydrogen-bond donors (Lipinski definition) is 5. The number of unbranched alkanes of at least 4 members (excludes halogenated alkanes) is 1. The number of benzene rings is 2. The number of hydrogen-bond acceptors (Lipinski definition) is 9. The maximum absolute atomic E-state index is 14.6. The van der Waals surface area contributed by atoms with Crippen molar-refractivity contribution in [3.63, 3.8) is 0 Å². The van der Waals surface area contributed by atoms with Crippen LogP contribution in [0.2, 0.25) is 0 Å². The van der Waals surface area contributed by atoms with Gasteiger partial charge in [0.25, 0.3) is 0 Å². The first kappa shape index (κ1) is 61.2. The predicted molar refractivity (Wildman–Crippen MR) is 283 cm³/mol. The Kier molecular flexibility index (Phi) is 27.7. The van der Waals surface area contributed by atoms with E-state index in [4.69, 9.17) is 9.47 Å². The van der Waals surface area contributed by atoms with Crippen LogP contribution in [0.15, 0.2) is 72.8 Å². The van der Waals surface area contributed by atoms with Crippen molar-refractivity contribution in [3.05, 3.63) is 90.9 Å². The molecule has 4 rings (SSSR count). The molecular weight excluding hydrogens is 1130 g/mol. The van der Waals surface area contributed by atoms with Crippen molar-refractivity contribution in [2.75, 3.05) is 13.1 Å². The number of halogens is 2. The summed E-state index contributed by atoms with van der Waals surface area (Å²) >= 11 is 4.74. The summed E-state index contributed by atoms with van der Waals surface area (Å²) in [6.45, 7) is 23.1. The van der Waals surface area contributed by atoms with Gasteiger partial charge in [-0.2, -0.15) is 12.0 Å². The van der Waals surface area contributed by atoms with E-state index in [9.17, 15) is 29.2 Å². The molecular formula is C51H79I2N6O8V-. The number of amides is 5. The van der Waals surface area contributed by atoms with Crippen LogP contribution in [0.5, 0.6) is 0 Å². The second-order valence-electron chi connectivity index (χ2n) is 19.9. The van der Waals surface area contributed by atoms with E-state index in [0.29, 0.717) is 80.3 Å². The van der Waals surface area contributed by atoms with Crippen LogP contribution in [0.25, 0.3) is 0 Å². The Labute approximate surface area is 436 Å². The second-order valence-corrected chi connectivity index (χ2v) is 31.7. The molecule has 5 amide bonds. The summed E-state index contributed by atoms with van der Waals surface area (Å²) in [6, 6.07) is 16.7. The number of nitrogens with zero attached hydrogens (tertiary/aromatic N) is 2. The molecule has 0 aromatic heterocycles. The molecule has 2 heterocycles. The molecule has 2 saturated heterocycles. The van der Waals surface area contributed by atoms with Crippen LogP contribution in [0.4, 0.5) is 9.59 Å². The van der Waals surface area contributed by atoms with Crippen molar-refractivity contribution < 1.29 is 48.1 Å². The number of likely N-dealkylation sites (tertiary alicyclic amines) is 1. The van der Waals surface area contributed by atoms with Gasteiger partial charge in [0.15, 0.2) is 0 Å². The Balaban J connectivity index is 0.00000305. The zero-order chi connectivity index (χ0) is 51.1. The fourth-order valence-corrected chi connectivity index (χ4v) is 8.69. The van der Waals surface area contributed by atoms with Crippen LogP contribution in [0, 0.1) is 18.8 Å². The molecule has 0 saturated carbocycles. The molecule has 2 aromatic carbocycles. The molecule has 0 radical (unpaired) electrons. The third-order valence-corrected chi connectivity index (χ3v) is 11.5. The molecule has 0 bridgehead atoms. The molecule has 0 unspecified atom stereocenters. The van der Waals surface area contributed by atoms with Crippen LogP contribution in [0.3, 0.4) is 0 Å². The van der Waals surface area contributed by atoms with E-state index in [1.807, 2.05) is 101 Å². The van der Waals surface area contributed by atoms with Gasteiger partial charge in [-0.1, -0.05) is 86.7 Å². The Morgan fingerprint density at radius 2 is 1.46 bits per heavy atom. The summed E-state index contributed by atoms with van der Waals surface area (Å²) in [5.41, 5.74) is -0.0450. The Morgan fingerprint density at radius 1 is 0.882 bits per heavy atom. The molecule has 2 aromatic rings. The van der Waals surface area contributed by atoms with Crippen molar-refractivity contribution >= 4 is 69.9 Å². The number of carbonyl (C=O) groups excluding carboxylic acids is 5. The monoisotopic (exact) mass is 1210 g/mol. The van der Waals surface area contributed by atoms with E-state index in [-0.39, 0.29) is 30.4 Å². The number of nitrogens with one attached hydrogen (secondary N) is 4. The number of piperidine rings is 1. The third kappa shape index (κ3) is 22.5. The minimum absolute atomic E-state index is 0.151. The summed E-state index contributed by atoms with van der Waals surface area (Å²) in [5, 5.41) is 24.2. The second kappa shape index (κ2) is 30.7. The maximum atomic E-state index is 14.6. The fraction of sp³-hybridized carbons (Fsp3) is 0.608. The van der Waals surface area contributed by atoms with E-state index in [1.54, 1.807) is 32.6 Å². The van der Waals surface area contributed by atoms with E-state index >= 15 is 0 Å². The van der Waals surface area contributed by atoms with Gasteiger partial charge in [0.05, 0.1) is 12.0 Å². The first-order valence-corrected chi connectivity index (χ1v) is 32.8. The van der Waals surface area contributed by atoms with Crippen molar-refractivity contribution in [1.29, 1.82) is 0 Å². The van der Waals surface area contributed by atoms with E-state index in [0.717, 1.165) is 11.1 Å². The molecule has 2 aliphatic heterocycles. The van der Waals surface area contributed by atoms with E-state index in [1.165, 1.54) is 5.06 Å². The number of carbonyl (C=O) groups is 5. The summed E-state index contributed by atoms with van der Waals surface area (Å²) in [4.78, 5) is 69.9. The fourth-order valence-electron chi connectivity index (χ4n) is 8.69. The Hall–Kier alpha value is -2.91. The van der Waals surface area contributed by atoms with Gasteiger partial charge in [0, 0.05) is 30.2 Å². The Bertz CT molecular complexity index is 1850. The van der Waals surface area contributed by atoms with Crippen molar-refractivity contribution in [2.45, 2.75) is 174 Å². The summed E-state index contributed by atoms with van der Waals surface area (Å²) in [5.74, 6) is -1.34. The van der Waals surface area contributed by atoms with Crippen LogP contribution in [-0.4, -0.2) is 99.0 Å². The topological polar surface area (TPSA) is 179 Å². The van der Waals surface area contributed by atoms with Crippen molar-refractivity contribution in [1.82, 2.24) is 31.2 Å². The summed E-state index contributed by atoms with van der Waals surface area (Å²) in [7, 11) is 0.628. The van der Waals surface area contributed by atoms with Crippen molar-refractivity contribution in [3.8, 4) is 0 Å². The molecule has 0 aliphatic carbocycles. The number of ether oxygens (including phenoxy) is 2. The van der Waals surface area contributed by atoms with E-state index < -0.39 is 58.8 Å². The molecule has 2 aliphatic rings. The number of hydroxylamine groups is 2.